The van der Waals surface area contributed by atoms with E-state index in [2.05, 4.69) is 22.5 Å². The van der Waals surface area contributed by atoms with Crippen LogP contribution in [0.5, 0.6) is 5.75 Å². The second-order valence-electron chi connectivity index (χ2n) is 10.8. The maximum atomic E-state index is 14.7. The number of fused-ring (bicyclic) bond motifs is 1. The minimum Gasteiger partial charge on any atom is -0.495 e. The van der Waals surface area contributed by atoms with Gasteiger partial charge >= 0.3 is 6.18 Å². The van der Waals surface area contributed by atoms with Crippen molar-refractivity contribution < 1.29 is 26.9 Å². The molecule has 2 saturated heterocycles. The molecule has 2 aromatic carbocycles. The first-order valence-corrected chi connectivity index (χ1v) is 16.7. The topological polar surface area (TPSA) is 53.6 Å². The third-order valence-corrected chi connectivity index (χ3v) is 12.3. The monoisotopic (exact) mass is 607 g/mol. The summed E-state index contributed by atoms with van der Waals surface area (Å²) in [6.45, 7) is 1.24. The number of halogens is 4. The average molecular weight is 608 g/mol. The van der Waals surface area contributed by atoms with Gasteiger partial charge in [0.05, 0.1) is 47.1 Å². The predicted molar refractivity (Wildman–Crippen MR) is 161 cm³/mol. The van der Waals surface area contributed by atoms with Crippen LogP contribution in [0.3, 0.4) is 0 Å². The van der Waals surface area contributed by atoms with Crippen LogP contribution in [0.4, 0.5) is 28.9 Å². The van der Waals surface area contributed by atoms with Crippen molar-refractivity contribution in [3.63, 3.8) is 0 Å². The number of ether oxygens (including phenoxy) is 1. The molecule has 0 unspecified atom stereocenters. The molecule has 1 aromatic heterocycles. The van der Waals surface area contributed by atoms with E-state index in [0.717, 1.165) is 24.7 Å². The van der Waals surface area contributed by atoms with E-state index in [9.17, 15) is 22.1 Å². The highest BCUT2D eigenvalue weighted by molar-refractivity contribution is 7.71. The Morgan fingerprint density at radius 2 is 1.95 bits per heavy atom. The number of thiophene rings is 1. The number of anilines is 2. The molecule has 2 aliphatic heterocycles. The van der Waals surface area contributed by atoms with Gasteiger partial charge < -0.3 is 24.8 Å². The number of hydrogen-bond donors (Lipinski definition) is 2. The van der Waals surface area contributed by atoms with E-state index in [4.69, 9.17) is 4.74 Å². The van der Waals surface area contributed by atoms with Gasteiger partial charge in [-0.05, 0) is 61.5 Å². The molecule has 2 N–H and O–H groups in total. The van der Waals surface area contributed by atoms with Gasteiger partial charge in [0.1, 0.15) is 19.1 Å². The molecule has 41 heavy (non-hydrogen) atoms. The lowest BCUT2D eigenvalue weighted by Crippen LogP contribution is -2.46. The first-order valence-electron chi connectivity index (χ1n) is 13.8. The van der Waals surface area contributed by atoms with E-state index < -0.39 is 32.0 Å². The fourth-order valence-electron chi connectivity index (χ4n) is 5.63. The molecule has 0 spiro atoms. The Morgan fingerprint density at radius 1 is 1.17 bits per heavy atom. The first-order chi connectivity index (χ1) is 19.6. The van der Waals surface area contributed by atoms with Crippen LogP contribution in [-0.4, -0.2) is 69.4 Å². The van der Waals surface area contributed by atoms with Crippen molar-refractivity contribution in [3.8, 4) is 17.6 Å². The largest absolute Gasteiger partial charge is 0.495 e. The maximum absolute atomic E-state index is 14.7. The van der Waals surface area contributed by atoms with Gasteiger partial charge in [0.15, 0.2) is 0 Å². The molecular formula is C30H34F4N3O2PS. The van der Waals surface area contributed by atoms with Crippen molar-refractivity contribution in [1.82, 2.24) is 4.90 Å². The number of methoxy groups -OCH3 is 1. The van der Waals surface area contributed by atoms with Gasteiger partial charge in [-0.2, -0.15) is 13.2 Å². The minimum atomic E-state index is -4.40. The Labute approximate surface area is 242 Å². The zero-order valence-corrected chi connectivity index (χ0v) is 24.8. The molecule has 3 aromatic rings. The highest BCUT2D eigenvalue weighted by atomic mass is 32.1. The molecule has 3 heterocycles. The third kappa shape index (κ3) is 6.85. The molecule has 5 rings (SSSR count). The summed E-state index contributed by atoms with van der Waals surface area (Å²) in [7, 11) is 1.05. The summed E-state index contributed by atoms with van der Waals surface area (Å²) in [4.78, 5) is 2.27. The molecule has 0 amide bonds. The summed E-state index contributed by atoms with van der Waals surface area (Å²) in [5, 5.41) is 7.73. The molecule has 2 fully saturated rings. The first kappa shape index (κ1) is 29.8. The Bertz CT molecular complexity index is 1500. The van der Waals surface area contributed by atoms with Gasteiger partial charge in [0.25, 0.3) is 0 Å². The van der Waals surface area contributed by atoms with E-state index in [-0.39, 0.29) is 12.1 Å². The molecule has 2 aliphatic rings. The standard InChI is InChI=1S/C30H34F4N3O2PS/c1-37-14-12-24(23(31)19-37)36-26-8-5-7-21-22(18-30(32,33)34)28(41-29(21)26)9-6-13-35-25-11-10-20(17-27(25)39-2)40(38)15-3-4-16-40/h5,7-8,10-11,17,23-24,35-36H,3-4,12-16,18-19H2,1-2H3/t23-,24+/m0/s1. The lowest BCUT2D eigenvalue weighted by Gasteiger charge is -2.33. The van der Waals surface area contributed by atoms with Gasteiger partial charge in [-0.15, -0.1) is 11.3 Å². The number of likely N-dealkylation sites (tertiary alicyclic amines) is 1. The lowest BCUT2D eigenvalue weighted by atomic mass is 10.0. The second-order valence-corrected chi connectivity index (χ2v) is 15.0. The minimum absolute atomic E-state index is 0.136. The van der Waals surface area contributed by atoms with Crippen molar-refractivity contribution in [3.05, 3.63) is 46.8 Å². The van der Waals surface area contributed by atoms with Crippen LogP contribution in [0.2, 0.25) is 0 Å². The van der Waals surface area contributed by atoms with Crippen LogP contribution < -0.4 is 20.7 Å². The third-order valence-electron chi connectivity index (χ3n) is 7.79. The summed E-state index contributed by atoms with van der Waals surface area (Å²) < 4.78 is 74.8. The van der Waals surface area contributed by atoms with Gasteiger partial charge in [0, 0.05) is 30.7 Å². The number of rotatable bonds is 7. The van der Waals surface area contributed by atoms with Gasteiger partial charge in [-0.3, -0.25) is 0 Å². The average Bonchev–Trinajstić information content (AvgIpc) is 3.52. The highest BCUT2D eigenvalue weighted by Crippen LogP contribution is 2.51. The van der Waals surface area contributed by atoms with Crippen LogP contribution in [0.1, 0.15) is 29.7 Å². The predicted octanol–water partition coefficient (Wildman–Crippen LogP) is 6.71. The van der Waals surface area contributed by atoms with E-state index >= 15 is 0 Å². The van der Waals surface area contributed by atoms with Gasteiger partial charge in [-0.25, -0.2) is 4.39 Å². The second kappa shape index (κ2) is 12.2. The van der Waals surface area contributed by atoms with Crippen molar-refractivity contribution in [1.29, 1.82) is 0 Å². The summed E-state index contributed by atoms with van der Waals surface area (Å²) in [6, 6.07) is 10.3. The molecule has 220 valence electrons. The molecular weight excluding hydrogens is 573 g/mol. The van der Waals surface area contributed by atoms with Crippen LogP contribution in [0.25, 0.3) is 10.1 Å². The summed E-state index contributed by atoms with van der Waals surface area (Å²) in [5.41, 5.74) is 1.44. The Hall–Kier alpha value is -2.73. The van der Waals surface area contributed by atoms with Crippen LogP contribution >= 0.6 is 18.5 Å². The molecule has 2 atom stereocenters. The zero-order valence-electron chi connectivity index (χ0n) is 23.1. The van der Waals surface area contributed by atoms with E-state index in [0.29, 0.717) is 57.4 Å². The van der Waals surface area contributed by atoms with Crippen molar-refractivity contribution in [2.45, 2.75) is 44.1 Å². The highest BCUT2D eigenvalue weighted by Gasteiger charge is 2.32. The Kier molecular flexibility index (Phi) is 8.89. The summed E-state index contributed by atoms with van der Waals surface area (Å²) in [5.74, 6) is 6.47. The summed E-state index contributed by atoms with van der Waals surface area (Å²) in [6.07, 6.45) is -2.60. The molecule has 5 nitrogen and oxygen atoms in total. The van der Waals surface area contributed by atoms with Crippen molar-refractivity contribution >= 4 is 45.2 Å². The number of nitrogens with one attached hydrogen (secondary N) is 2. The van der Waals surface area contributed by atoms with E-state index in [1.807, 2.05) is 30.1 Å². The Balaban J connectivity index is 1.38. The number of piperidine rings is 1. The molecule has 0 bridgehead atoms. The zero-order chi connectivity index (χ0) is 29.2. The molecule has 11 heteroatoms. The quantitative estimate of drug-likeness (QED) is 0.178. The number of alkyl halides is 4. The van der Waals surface area contributed by atoms with E-state index in [1.165, 1.54) is 11.3 Å². The van der Waals surface area contributed by atoms with Gasteiger partial charge in [-0.1, -0.05) is 24.0 Å². The molecule has 0 radical (unpaired) electrons. The number of benzene rings is 2. The normalized spacial score (nSPS) is 20.9. The lowest BCUT2D eigenvalue weighted by molar-refractivity contribution is -0.126. The summed E-state index contributed by atoms with van der Waals surface area (Å²) >= 11 is 1.20. The van der Waals surface area contributed by atoms with Crippen molar-refractivity contribution in [2.24, 2.45) is 0 Å². The van der Waals surface area contributed by atoms with Gasteiger partial charge in [0.2, 0.25) is 0 Å². The SMILES string of the molecule is COc1cc(P2(=O)CCCC2)ccc1NCC#Cc1sc2c(N[C@@H]3CCN(C)C[C@@H]3F)cccc2c1CC(F)(F)F. The fraction of sp³-hybridized carbons (Fsp3) is 0.467. The van der Waals surface area contributed by atoms with Crippen LogP contribution in [0.15, 0.2) is 36.4 Å². The van der Waals surface area contributed by atoms with Crippen molar-refractivity contribution in [2.75, 3.05) is 56.7 Å². The van der Waals surface area contributed by atoms with Crippen LogP contribution in [-0.2, 0) is 11.0 Å². The Morgan fingerprint density at radius 3 is 2.66 bits per heavy atom. The number of hydrogen-bond acceptors (Lipinski definition) is 6. The van der Waals surface area contributed by atoms with Crippen LogP contribution in [0, 0.1) is 11.8 Å². The smallest absolute Gasteiger partial charge is 0.393 e. The molecule has 0 aliphatic carbocycles. The molecule has 0 saturated carbocycles. The van der Waals surface area contributed by atoms with E-state index in [1.54, 1.807) is 25.3 Å². The fourth-order valence-corrected chi connectivity index (χ4v) is 9.71. The maximum Gasteiger partial charge on any atom is 0.393 e. The number of nitrogens with zero attached hydrogens (tertiary/aromatic N) is 1.